The molecule has 1 heterocycles. The molecule has 1 N–H and O–H groups in total. The number of nitrogens with zero attached hydrogens (tertiary/aromatic N) is 2. The van der Waals surface area contributed by atoms with Crippen LogP contribution >= 0.6 is 0 Å². The summed E-state index contributed by atoms with van der Waals surface area (Å²) in [6.07, 6.45) is 1.87. The summed E-state index contributed by atoms with van der Waals surface area (Å²) in [5.74, 6) is 0. The minimum absolute atomic E-state index is 0.503. The van der Waals surface area contributed by atoms with Crippen molar-refractivity contribution in [2.45, 2.75) is 32.3 Å². The lowest BCUT2D eigenvalue weighted by Crippen LogP contribution is -2.61. The first-order chi connectivity index (χ1) is 8.08. The molecule has 1 aromatic carbocycles. The topological polar surface area (TPSA) is 47.3 Å². The van der Waals surface area contributed by atoms with E-state index in [2.05, 4.69) is 17.9 Å². The predicted molar refractivity (Wildman–Crippen MR) is 68.0 cm³/mol. The number of β-amino-alcohol motifs (C(OH)–C–C–N with tert-alkyl or cyclic N) is 1. The Balaban J connectivity index is 2.07. The predicted octanol–water partition coefficient (Wildman–Crippen LogP) is 2.22. The van der Waals surface area contributed by atoms with Crippen LogP contribution in [0.5, 0.6) is 0 Å². The summed E-state index contributed by atoms with van der Waals surface area (Å²) in [6.45, 7) is 5.44. The lowest BCUT2D eigenvalue weighted by atomic mass is 9.88. The zero-order chi connectivity index (χ0) is 12.5. The highest BCUT2D eigenvalue weighted by Gasteiger charge is 2.40. The summed E-state index contributed by atoms with van der Waals surface area (Å²) < 4.78 is 0. The fourth-order valence-corrected chi connectivity index (χ4v) is 2.44. The Hall–Kier alpha value is -1.53. The number of hydrogen-bond donors (Lipinski definition) is 1. The number of hydrogen-bond acceptors (Lipinski definition) is 3. The highest BCUT2D eigenvalue weighted by Crippen LogP contribution is 2.31. The van der Waals surface area contributed by atoms with Gasteiger partial charge in [-0.05, 0) is 37.1 Å². The van der Waals surface area contributed by atoms with Crippen LogP contribution in [0.2, 0.25) is 0 Å². The van der Waals surface area contributed by atoms with Crippen molar-refractivity contribution in [1.82, 2.24) is 0 Å². The Morgan fingerprint density at radius 1 is 1.47 bits per heavy atom. The van der Waals surface area contributed by atoms with E-state index in [4.69, 9.17) is 5.26 Å². The molecule has 0 unspecified atom stereocenters. The molecular formula is C14H18N2O. The lowest BCUT2D eigenvalue weighted by molar-refractivity contribution is 0.00340. The van der Waals surface area contributed by atoms with Crippen LogP contribution in [0, 0.1) is 18.3 Å². The Kier molecular flexibility index (Phi) is 3.08. The van der Waals surface area contributed by atoms with Gasteiger partial charge in [0.2, 0.25) is 0 Å². The number of anilines is 1. The number of nitriles is 1. The van der Waals surface area contributed by atoms with Gasteiger partial charge in [0, 0.05) is 18.8 Å². The maximum absolute atomic E-state index is 10.1. The van der Waals surface area contributed by atoms with Gasteiger partial charge in [-0.2, -0.15) is 5.26 Å². The summed E-state index contributed by atoms with van der Waals surface area (Å²) in [5.41, 5.74) is 2.31. The van der Waals surface area contributed by atoms with E-state index in [1.54, 1.807) is 0 Å². The third-order valence-corrected chi connectivity index (χ3v) is 3.38. The largest absolute Gasteiger partial charge is 0.386 e. The molecule has 2 rings (SSSR count). The van der Waals surface area contributed by atoms with Gasteiger partial charge in [-0.3, -0.25) is 0 Å². The second-order valence-corrected chi connectivity index (χ2v) is 4.94. The maximum atomic E-state index is 10.1. The zero-order valence-corrected chi connectivity index (χ0v) is 10.4. The van der Waals surface area contributed by atoms with E-state index in [1.807, 2.05) is 25.1 Å². The number of rotatable bonds is 3. The van der Waals surface area contributed by atoms with Gasteiger partial charge in [-0.1, -0.05) is 13.3 Å². The van der Waals surface area contributed by atoms with Gasteiger partial charge >= 0.3 is 0 Å². The Labute approximate surface area is 102 Å². The highest BCUT2D eigenvalue weighted by atomic mass is 16.3. The van der Waals surface area contributed by atoms with Crippen molar-refractivity contribution in [2.75, 3.05) is 18.0 Å². The summed E-state index contributed by atoms with van der Waals surface area (Å²) in [5, 5.41) is 19.0. The molecule has 0 saturated carbocycles. The van der Waals surface area contributed by atoms with Gasteiger partial charge in [0.1, 0.15) is 0 Å². The summed E-state index contributed by atoms with van der Waals surface area (Å²) in [4.78, 5) is 2.16. The summed E-state index contributed by atoms with van der Waals surface area (Å²) in [6, 6.07) is 7.99. The molecule has 17 heavy (non-hydrogen) atoms. The van der Waals surface area contributed by atoms with Crippen LogP contribution in [-0.4, -0.2) is 23.8 Å². The minimum atomic E-state index is -0.503. The molecular weight excluding hydrogens is 212 g/mol. The average molecular weight is 230 g/mol. The van der Waals surface area contributed by atoms with Crippen molar-refractivity contribution in [1.29, 1.82) is 5.26 Å². The van der Waals surface area contributed by atoms with Crippen molar-refractivity contribution in [3.05, 3.63) is 29.3 Å². The first-order valence-corrected chi connectivity index (χ1v) is 6.06. The number of aryl methyl sites for hydroxylation is 1. The van der Waals surface area contributed by atoms with Crippen LogP contribution in [0.4, 0.5) is 5.69 Å². The molecule has 1 aliphatic heterocycles. The number of benzene rings is 1. The molecule has 3 nitrogen and oxygen atoms in total. The van der Waals surface area contributed by atoms with Gasteiger partial charge in [0.25, 0.3) is 0 Å². The minimum Gasteiger partial charge on any atom is -0.386 e. The Morgan fingerprint density at radius 2 is 2.18 bits per heavy atom. The van der Waals surface area contributed by atoms with Gasteiger partial charge in [-0.25, -0.2) is 0 Å². The normalized spacial score (nSPS) is 17.4. The van der Waals surface area contributed by atoms with Crippen molar-refractivity contribution in [3.63, 3.8) is 0 Å². The van der Waals surface area contributed by atoms with Crippen LogP contribution in [0.3, 0.4) is 0 Å². The molecule has 0 spiro atoms. The van der Waals surface area contributed by atoms with Gasteiger partial charge in [0.05, 0.1) is 17.2 Å². The average Bonchev–Trinajstić information content (AvgIpc) is 2.26. The molecule has 1 aromatic rings. The first-order valence-electron chi connectivity index (χ1n) is 6.06. The molecule has 0 radical (unpaired) electrons. The smallest absolute Gasteiger partial charge is 0.0995 e. The molecule has 0 aromatic heterocycles. The van der Waals surface area contributed by atoms with Crippen LogP contribution in [-0.2, 0) is 0 Å². The maximum Gasteiger partial charge on any atom is 0.0995 e. The van der Waals surface area contributed by atoms with E-state index in [1.165, 1.54) is 0 Å². The fourth-order valence-electron chi connectivity index (χ4n) is 2.44. The standard InChI is InChI=1S/C14H18N2O/c1-3-6-14(17)9-16(10-14)13-5-4-12(8-15)11(2)7-13/h4-5,7,17H,3,6,9-10H2,1-2H3. The van der Waals surface area contributed by atoms with Gasteiger partial charge in [-0.15, -0.1) is 0 Å². The molecule has 0 aliphatic carbocycles. The van der Waals surface area contributed by atoms with Crippen LogP contribution in [0.25, 0.3) is 0 Å². The first kappa shape index (κ1) is 11.9. The van der Waals surface area contributed by atoms with E-state index in [9.17, 15) is 5.11 Å². The molecule has 1 fully saturated rings. The molecule has 1 saturated heterocycles. The quantitative estimate of drug-likeness (QED) is 0.866. The third-order valence-electron chi connectivity index (χ3n) is 3.38. The third kappa shape index (κ3) is 2.27. The van der Waals surface area contributed by atoms with Crippen molar-refractivity contribution < 1.29 is 5.11 Å². The Morgan fingerprint density at radius 3 is 2.71 bits per heavy atom. The molecule has 90 valence electrons. The van der Waals surface area contributed by atoms with E-state index < -0.39 is 5.60 Å². The van der Waals surface area contributed by atoms with E-state index in [0.29, 0.717) is 13.1 Å². The molecule has 0 atom stereocenters. The SMILES string of the molecule is CCCC1(O)CN(c2ccc(C#N)c(C)c2)C1. The number of aliphatic hydroxyl groups is 1. The second kappa shape index (κ2) is 4.38. The summed E-state index contributed by atoms with van der Waals surface area (Å²) >= 11 is 0. The lowest BCUT2D eigenvalue weighted by Gasteiger charge is -2.48. The van der Waals surface area contributed by atoms with Crippen LogP contribution in [0.1, 0.15) is 30.9 Å². The van der Waals surface area contributed by atoms with Crippen LogP contribution < -0.4 is 4.90 Å². The second-order valence-electron chi connectivity index (χ2n) is 4.94. The van der Waals surface area contributed by atoms with E-state index >= 15 is 0 Å². The molecule has 0 amide bonds. The van der Waals surface area contributed by atoms with E-state index in [0.717, 1.165) is 29.7 Å². The molecule has 0 bridgehead atoms. The molecule has 1 aliphatic rings. The summed E-state index contributed by atoms with van der Waals surface area (Å²) in [7, 11) is 0. The van der Waals surface area contributed by atoms with E-state index in [-0.39, 0.29) is 0 Å². The highest BCUT2D eigenvalue weighted by molar-refractivity contribution is 5.56. The van der Waals surface area contributed by atoms with Crippen LogP contribution in [0.15, 0.2) is 18.2 Å². The van der Waals surface area contributed by atoms with Crippen molar-refractivity contribution >= 4 is 5.69 Å². The Bertz CT molecular complexity index is 456. The fraction of sp³-hybridized carbons (Fsp3) is 0.500. The monoisotopic (exact) mass is 230 g/mol. The van der Waals surface area contributed by atoms with Crippen molar-refractivity contribution in [3.8, 4) is 6.07 Å². The van der Waals surface area contributed by atoms with Crippen molar-refractivity contribution in [2.24, 2.45) is 0 Å². The van der Waals surface area contributed by atoms with Gasteiger partial charge in [0.15, 0.2) is 0 Å². The zero-order valence-electron chi connectivity index (χ0n) is 10.4. The van der Waals surface area contributed by atoms with Gasteiger partial charge < -0.3 is 10.0 Å². The molecule has 3 heteroatoms.